The monoisotopic (exact) mass is 464 g/mol. The van der Waals surface area contributed by atoms with Gasteiger partial charge in [-0.15, -0.1) is 0 Å². The summed E-state index contributed by atoms with van der Waals surface area (Å²) in [5.74, 6) is 0. The van der Waals surface area contributed by atoms with Gasteiger partial charge in [-0.25, -0.2) is 0 Å². The summed E-state index contributed by atoms with van der Waals surface area (Å²) >= 11 is 0. The minimum Gasteiger partial charge on any atom is -0.258 e. The molecule has 6 heteroatoms. The van der Waals surface area contributed by atoms with Gasteiger partial charge in [0.25, 0.3) is 11.4 Å². The van der Waals surface area contributed by atoms with Crippen molar-refractivity contribution in [2.24, 2.45) is 0 Å². The third-order valence-corrected chi connectivity index (χ3v) is 5.83. The van der Waals surface area contributed by atoms with Crippen LogP contribution in [-0.2, 0) is 0 Å². The Morgan fingerprint density at radius 3 is 1.41 bits per heavy atom. The van der Waals surface area contributed by atoms with Crippen molar-refractivity contribution in [1.29, 1.82) is 0 Å². The highest BCUT2D eigenvalue weighted by atomic mass is 16.6. The highest BCUT2D eigenvalue weighted by Gasteiger charge is 2.15. The molecule has 2 aromatic rings. The molecule has 6 nitrogen and oxygen atoms in total. The molecule has 0 saturated heterocycles. The fourth-order valence-electron chi connectivity index (χ4n) is 3.89. The molecule has 0 atom stereocenters. The van der Waals surface area contributed by atoms with Crippen molar-refractivity contribution in [1.82, 2.24) is 0 Å². The second kappa shape index (κ2) is 14.8. The summed E-state index contributed by atoms with van der Waals surface area (Å²) in [5, 5.41) is 22.8. The van der Waals surface area contributed by atoms with Crippen LogP contribution in [0.2, 0.25) is 0 Å². The largest absolute Gasteiger partial charge is 0.270 e. The van der Waals surface area contributed by atoms with E-state index in [-0.39, 0.29) is 11.4 Å². The third-order valence-electron chi connectivity index (χ3n) is 5.83. The molecule has 0 N–H and O–H groups in total. The summed E-state index contributed by atoms with van der Waals surface area (Å²) in [6.07, 6.45) is 19.1. The Labute approximate surface area is 202 Å². The summed E-state index contributed by atoms with van der Waals surface area (Å²) < 4.78 is 0. The number of nitro groups is 2. The van der Waals surface area contributed by atoms with E-state index in [2.05, 4.69) is 26.0 Å². The molecular formula is C28H36N2O4. The number of hydrogen-bond donors (Lipinski definition) is 0. The van der Waals surface area contributed by atoms with Gasteiger partial charge in [-0.2, -0.15) is 0 Å². The van der Waals surface area contributed by atoms with Crippen LogP contribution in [0.5, 0.6) is 0 Å². The third kappa shape index (κ3) is 8.58. The first-order chi connectivity index (χ1) is 16.5. The average Bonchev–Trinajstić information content (AvgIpc) is 2.83. The lowest BCUT2D eigenvalue weighted by Crippen LogP contribution is -1.94. The Morgan fingerprint density at radius 2 is 1.06 bits per heavy atom. The van der Waals surface area contributed by atoms with Crippen LogP contribution < -0.4 is 0 Å². The Bertz CT molecular complexity index is 930. The molecule has 0 aliphatic rings. The zero-order valence-electron chi connectivity index (χ0n) is 20.4. The smallest absolute Gasteiger partial charge is 0.258 e. The molecule has 0 amide bonds. The first-order valence-corrected chi connectivity index (χ1v) is 12.4. The van der Waals surface area contributed by atoms with E-state index in [1.165, 1.54) is 37.8 Å². The number of benzene rings is 2. The summed E-state index contributed by atoms with van der Waals surface area (Å²) in [6.45, 7) is 4.35. The van der Waals surface area contributed by atoms with E-state index in [1.54, 1.807) is 24.3 Å². The number of non-ortho nitro benzene ring substituents is 2. The second-order valence-electron chi connectivity index (χ2n) is 8.56. The van der Waals surface area contributed by atoms with E-state index >= 15 is 0 Å². The fraction of sp³-hybridized carbons (Fsp3) is 0.429. The van der Waals surface area contributed by atoms with E-state index < -0.39 is 9.85 Å². The van der Waals surface area contributed by atoms with E-state index in [4.69, 9.17) is 0 Å². The van der Waals surface area contributed by atoms with Gasteiger partial charge in [0.1, 0.15) is 0 Å². The molecule has 2 aromatic carbocycles. The van der Waals surface area contributed by atoms with E-state index in [1.807, 2.05) is 12.2 Å². The van der Waals surface area contributed by atoms with Crippen LogP contribution in [0.1, 0.15) is 89.2 Å². The van der Waals surface area contributed by atoms with E-state index in [9.17, 15) is 20.2 Å². The van der Waals surface area contributed by atoms with Crippen LogP contribution in [0.25, 0.3) is 23.3 Å². The quantitative estimate of drug-likeness (QED) is 0.149. The average molecular weight is 465 g/mol. The lowest BCUT2D eigenvalue weighted by Gasteiger charge is -2.11. The molecule has 0 heterocycles. The maximum Gasteiger partial charge on any atom is 0.270 e. The lowest BCUT2D eigenvalue weighted by atomic mass is 9.93. The first-order valence-electron chi connectivity index (χ1n) is 12.4. The second-order valence-corrected chi connectivity index (χ2v) is 8.56. The maximum atomic E-state index is 11.4. The molecule has 0 aliphatic heterocycles. The van der Waals surface area contributed by atoms with Crippen molar-refractivity contribution in [3.05, 3.63) is 79.9 Å². The molecule has 0 aliphatic carbocycles. The standard InChI is InChI=1S/C28H36N2O4/c1-3-5-7-9-11-13-15-23-21-25(29(31)32)17-19-27(23)28-20-18-26(30(33)34)22-24(28)16-14-12-10-8-6-4-2/h13-22H,3-12H2,1-2H3. The van der Waals surface area contributed by atoms with Crippen molar-refractivity contribution in [2.45, 2.75) is 78.1 Å². The summed E-state index contributed by atoms with van der Waals surface area (Å²) in [6, 6.07) is 9.64. The molecule has 34 heavy (non-hydrogen) atoms. The van der Waals surface area contributed by atoms with Crippen molar-refractivity contribution >= 4 is 23.5 Å². The van der Waals surface area contributed by atoms with Gasteiger partial charge in [0.15, 0.2) is 0 Å². The minimum atomic E-state index is -0.394. The van der Waals surface area contributed by atoms with E-state index in [0.717, 1.165) is 60.8 Å². The summed E-state index contributed by atoms with van der Waals surface area (Å²) in [5.41, 5.74) is 3.22. The molecule has 2 rings (SSSR count). The van der Waals surface area contributed by atoms with Crippen molar-refractivity contribution in [3.63, 3.8) is 0 Å². The fourth-order valence-corrected chi connectivity index (χ4v) is 3.89. The zero-order valence-corrected chi connectivity index (χ0v) is 20.4. The lowest BCUT2D eigenvalue weighted by molar-refractivity contribution is -0.385. The molecule has 0 aromatic heterocycles. The van der Waals surface area contributed by atoms with Crippen LogP contribution in [-0.4, -0.2) is 9.85 Å². The van der Waals surface area contributed by atoms with Crippen LogP contribution >= 0.6 is 0 Å². The number of nitrogens with zero attached hydrogens (tertiary/aromatic N) is 2. The molecular weight excluding hydrogens is 428 g/mol. The number of nitro benzene ring substituents is 2. The van der Waals surface area contributed by atoms with Crippen molar-refractivity contribution in [3.8, 4) is 11.1 Å². The Balaban J connectivity index is 2.40. The number of unbranched alkanes of at least 4 members (excludes halogenated alkanes) is 8. The van der Waals surface area contributed by atoms with Gasteiger partial charge in [0, 0.05) is 24.3 Å². The van der Waals surface area contributed by atoms with Gasteiger partial charge in [-0.05, 0) is 60.1 Å². The highest BCUT2D eigenvalue weighted by Crippen LogP contribution is 2.34. The molecule has 0 fully saturated rings. The van der Waals surface area contributed by atoms with Gasteiger partial charge >= 0.3 is 0 Å². The van der Waals surface area contributed by atoms with E-state index in [0.29, 0.717) is 0 Å². The molecule has 0 bridgehead atoms. The van der Waals surface area contributed by atoms with Crippen molar-refractivity contribution in [2.75, 3.05) is 0 Å². The van der Waals surface area contributed by atoms with Crippen LogP contribution in [0, 0.1) is 20.2 Å². The number of hydrogen-bond acceptors (Lipinski definition) is 4. The number of allylic oxidation sites excluding steroid dienone is 2. The molecule has 0 spiro atoms. The van der Waals surface area contributed by atoms with Crippen molar-refractivity contribution < 1.29 is 9.85 Å². The topological polar surface area (TPSA) is 86.3 Å². The highest BCUT2D eigenvalue weighted by molar-refractivity contribution is 5.83. The van der Waals surface area contributed by atoms with Gasteiger partial charge in [0.2, 0.25) is 0 Å². The predicted octanol–water partition coefficient (Wildman–Crippen LogP) is 9.14. The Kier molecular flexibility index (Phi) is 11.7. The van der Waals surface area contributed by atoms with Crippen LogP contribution in [0.4, 0.5) is 11.4 Å². The number of rotatable bonds is 15. The molecule has 0 saturated carbocycles. The molecule has 0 radical (unpaired) electrons. The van der Waals surface area contributed by atoms with Crippen LogP contribution in [0.3, 0.4) is 0 Å². The van der Waals surface area contributed by atoms with Crippen LogP contribution in [0.15, 0.2) is 48.6 Å². The van der Waals surface area contributed by atoms with Gasteiger partial charge < -0.3 is 0 Å². The normalized spacial score (nSPS) is 11.5. The zero-order chi connectivity index (χ0) is 24.8. The van der Waals surface area contributed by atoms with Gasteiger partial charge in [-0.3, -0.25) is 20.2 Å². The SMILES string of the molecule is CCCCCCC=Cc1cc([N+](=O)[O-])ccc1-c1ccc([N+](=O)[O-])cc1C=CCCCCCC. The molecule has 0 unspecified atom stereocenters. The van der Waals surface area contributed by atoms with Gasteiger partial charge in [-0.1, -0.05) is 76.7 Å². The van der Waals surface area contributed by atoms with Gasteiger partial charge in [0.05, 0.1) is 9.85 Å². The summed E-state index contributed by atoms with van der Waals surface area (Å²) in [7, 11) is 0. The summed E-state index contributed by atoms with van der Waals surface area (Å²) in [4.78, 5) is 22.0. The predicted molar refractivity (Wildman–Crippen MR) is 141 cm³/mol. The maximum absolute atomic E-state index is 11.4. The first kappa shape index (κ1) is 27.0. The molecule has 182 valence electrons. The Morgan fingerprint density at radius 1 is 0.647 bits per heavy atom. The minimum absolute atomic E-state index is 0.0318. The Hall–Kier alpha value is -3.28.